The Bertz CT molecular complexity index is 1080. The highest BCUT2D eigenvalue weighted by molar-refractivity contribution is 7.95. The van der Waals surface area contributed by atoms with Crippen molar-refractivity contribution in [3.05, 3.63) is 84.2 Å². The molecule has 8 heteroatoms. The van der Waals surface area contributed by atoms with Crippen LogP contribution in [-0.4, -0.2) is 30.7 Å². The number of halogens is 1. The molecule has 0 aliphatic heterocycles. The van der Waals surface area contributed by atoms with Gasteiger partial charge >= 0.3 is 0 Å². The van der Waals surface area contributed by atoms with Crippen LogP contribution in [0.4, 0.5) is 4.39 Å². The van der Waals surface area contributed by atoms with Crippen molar-refractivity contribution in [1.29, 1.82) is 0 Å². The van der Waals surface area contributed by atoms with E-state index in [1.165, 1.54) is 37.4 Å². The molecule has 3 aromatic rings. The van der Waals surface area contributed by atoms with Gasteiger partial charge in [-0.1, -0.05) is 34.5 Å². The minimum Gasteiger partial charge on any atom is -0.593 e. The number of carbonyl (C=O) groups is 1. The van der Waals surface area contributed by atoms with Gasteiger partial charge in [0, 0.05) is 17.7 Å². The molecule has 0 heterocycles. The number of nitrogens with one attached hydrogen (secondary N) is 2. The maximum atomic E-state index is 13.7. The van der Waals surface area contributed by atoms with Crippen molar-refractivity contribution < 1.29 is 22.7 Å². The zero-order chi connectivity index (χ0) is 21.6. The summed E-state index contributed by atoms with van der Waals surface area (Å²) in [6.07, 6.45) is 0. The van der Waals surface area contributed by atoms with Crippen molar-refractivity contribution in [1.82, 2.24) is 10.0 Å². The van der Waals surface area contributed by atoms with E-state index in [1.807, 2.05) is 0 Å². The lowest BCUT2D eigenvalue weighted by Gasteiger charge is -2.15. The van der Waals surface area contributed by atoms with E-state index in [0.717, 1.165) is 0 Å². The Labute approximate surface area is 175 Å². The second kappa shape index (κ2) is 9.62. The first-order valence-corrected chi connectivity index (χ1v) is 10.7. The van der Waals surface area contributed by atoms with Crippen LogP contribution < -0.4 is 14.8 Å². The summed E-state index contributed by atoms with van der Waals surface area (Å²) in [7, 11) is -2.14. The third-order valence-electron chi connectivity index (χ3n) is 4.35. The molecule has 0 aromatic heterocycles. The fraction of sp³-hybridized carbons (Fsp3) is 0.136. The number of sulfonamides is 1. The van der Waals surface area contributed by atoms with E-state index < -0.39 is 16.2 Å². The average Bonchev–Trinajstić information content (AvgIpc) is 2.77. The summed E-state index contributed by atoms with van der Waals surface area (Å²) in [5.41, 5.74) is 1.52. The van der Waals surface area contributed by atoms with Crippen LogP contribution in [0.15, 0.2) is 77.7 Å². The van der Waals surface area contributed by atoms with Gasteiger partial charge < -0.3 is 14.6 Å². The monoisotopic (exact) mass is 428 g/mol. The SMILES string of the molecule is COc1ccc(F)cc1-c1cccc(C(=O)NCCN[S+](=O)([O-])c2ccccc2)c1. The van der Waals surface area contributed by atoms with E-state index in [9.17, 15) is 17.9 Å². The van der Waals surface area contributed by atoms with E-state index >= 15 is 0 Å². The van der Waals surface area contributed by atoms with Crippen molar-refractivity contribution in [2.45, 2.75) is 4.90 Å². The zero-order valence-electron chi connectivity index (χ0n) is 16.3. The summed E-state index contributed by atoms with van der Waals surface area (Å²) >= 11 is 0. The van der Waals surface area contributed by atoms with Crippen LogP contribution in [0, 0.1) is 5.82 Å². The van der Waals surface area contributed by atoms with Crippen LogP contribution in [0.3, 0.4) is 0 Å². The van der Waals surface area contributed by atoms with E-state index in [1.54, 1.807) is 42.5 Å². The molecular formula is C22H21FN2O4S. The fourth-order valence-corrected chi connectivity index (χ4v) is 3.93. The number of ether oxygens (including phenoxy) is 1. The van der Waals surface area contributed by atoms with Gasteiger partial charge in [-0.05, 0) is 48.0 Å². The number of methoxy groups -OCH3 is 1. The third-order valence-corrected chi connectivity index (χ3v) is 5.83. The standard InChI is InChI=1S/C22H21FN2O4S/c1-29-21-11-10-18(23)15-20(21)16-6-5-7-17(14-16)22(26)24-12-13-25-30(27,28)19-8-3-2-4-9-19/h2-11,14-15H,12-13H2,1H3,(H2-,24,25,26,27,28). The largest absolute Gasteiger partial charge is 0.593 e. The molecule has 0 spiro atoms. The van der Waals surface area contributed by atoms with Crippen molar-refractivity contribution in [2.75, 3.05) is 20.2 Å². The summed E-state index contributed by atoms with van der Waals surface area (Å²) in [5, 5.41) is 2.67. The molecule has 30 heavy (non-hydrogen) atoms. The molecule has 0 aliphatic carbocycles. The predicted octanol–water partition coefficient (Wildman–Crippen LogP) is 3.42. The van der Waals surface area contributed by atoms with Crippen LogP contribution in [0.1, 0.15) is 10.4 Å². The molecule has 6 nitrogen and oxygen atoms in total. The highest BCUT2D eigenvalue weighted by Crippen LogP contribution is 2.31. The van der Waals surface area contributed by atoms with Gasteiger partial charge in [0.2, 0.25) is 0 Å². The molecule has 3 rings (SSSR count). The van der Waals surface area contributed by atoms with Crippen molar-refractivity contribution in [3.63, 3.8) is 0 Å². The van der Waals surface area contributed by atoms with E-state index in [0.29, 0.717) is 22.4 Å². The second-order valence-electron chi connectivity index (χ2n) is 6.39. The molecule has 0 bridgehead atoms. The Morgan fingerprint density at radius 3 is 2.53 bits per heavy atom. The summed E-state index contributed by atoms with van der Waals surface area (Å²) in [5.74, 6) is -0.290. The lowest BCUT2D eigenvalue weighted by molar-refractivity contribution is 0.0954. The van der Waals surface area contributed by atoms with Gasteiger partial charge in [-0.2, -0.15) is 0 Å². The summed E-state index contributed by atoms with van der Waals surface area (Å²) < 4.78 is 45.7. The zero-order valence-corrected chi connectivity index (χ0v) is 17.1. The molecule has 3 aromatic carbocycles. The van der Waals surface area contributed by atoms with Gasteiger partial charge in [-0.25, -0.2) is 4.39 Å². The maximum Gasteiger partial charge on any atom is 0.251 e. The lowest BCUT2D eigenvalue weighted by Crippen LogP contribution is -2.37. The highest BCUT2D eigenvalue weighted by Gasteiger charge is 2.18. The van der Waals surface area contributed by atoms with Crippen LogP contribution in [0.5, 0.6) is 5.75 Å². The quantitative estimate of drug-likeness (QED) is 0.425. The van der Waals surface area contributed by atoms with Crippen molar-refractivity contribution in [2.24, 2.45) is 0 Å². The lowest BCUT2D eigenvalue weighted by atomic mass is 10.0. The first-order valence-electron chi connectivity index (χ1n) is 9.17. The molecule has 0 radical (unpaired) electrons. The third kappa shape index (κ3) is 5.29. The van der Waals surface area contributed by atoms with E-state index in [-0.39, 0.29) is 23.9 Å². The van der Waals surface area contributed by atoms with Gasteiger partial charge in [0.05, 0.1) is 13.7 Å². The average molecular weight is 428 g/mol. The first kappa shape index (κ1) is 21.6. The maximum absolute atomic E-state index is 13.7. The van der Waals surface area contributed by atoms with Crippen LogP contribution in [-0.2, 0) is 14.6 Å². The van der Waals surface area contributed by atoms with E-state index in [4.69, 9.17) is 4.74 Å². The number of hydrogen-bond donors (Lipinski definition) is 2. The molecule has 1 amide bonds. The Hall–Kier alpha value is -3.07. The molecule has 1 unspecified atom stereocenters. The van der Waals surface area contributed by atoms with Crippen LogP contribution in [0.2, 0.25) is 0 Å². The summed E-state index contributed by atoms with van der Waals surface area (Å²) in [6.45, 7) is 0.152. The number of hydrogen-bond acceptors (Lipinski definition) is 4. The van der Waals surface area contributed by atoms with Gasteiger partial charge in [0.25, 0.3) is 5.91 Å². The topological polar surface area (TPSA) is 90.5 Å². The summed E-state index contributed by atoms with van der Waals surface area (Å²) in [6, 6.07) is 18.8. The van der Waals surface area contributed by atoms with Gasteiger partial charge in [-0.15, -0.1) is 4.72 Å². The number of carbonyl (C=O) groups excluding carboxylic acids is 1. The molecular weight excluding hydrogens is 407 g/mol. The second-order valence-corrected chi connectivity index (χ2v) is 8.16. The molecule has 1 atom stereocenters. The van der Waals surface area contributed by atoms with E-state index in [2.05, 4.69) is 10.0 Å². The molecule has 156 valence electrons. The Morgan fingerprint density at radius 2 is 1.80 bits per heavy atom. The van der Waals surface area contributed by atoms with Crippen molar-refractivity contribution in [3.8, 4) is 16.9 Å². The molecule has 0 saturated heterocycles. The molecule has 0 saturated carbocycles. The molecule has 0 fully saturated rings. The summed E-state index contributed by atoms with van der Waals surface area (Å²) in [4.78, 5) is 12.6. The molecule has 0 aliphatic rings. The first-order chi connectivity index (χ1) is 14.4. The predicted molar refractivity (Wildman–Crippen MR) is 112 cm³/mol. The van der Waals surface area contributed by atoms with Crippen molar-refractivity contribution >= 4 is 16.3 Å². The van der Waals surface area contributed by atoms with Gasteiger partial charge in [-0.3, -0.25) is 4.79 Å². The molecule has 2 N–H and O–H groups in total. The van der Waals surface area contributed by atoms with Gasteiger partial charge in [0.1, 0.15) is 11.6 Å². The van der Waals surface area contributed by atoms with Crippen LogP contribution >= 0.6 is 0 Å². The number of amides is 1. The number of rotatable bonds is 8. The Morgan fingerprint density at radius 1 is 1.03 bits per heavy atom. The number of benzene rings is 3. The van der Waals surface area contributed by atoms with Crippen LogP contribution in [0.25, 0.3) is 11.1 Å². The van der Waals surface area contributed by atoms with Gasteiger partial charge in [0.15, 0.2) is 15.3 Å². The normalized spacial score (nSPS) is 12.8. The fourth-order valence-electron chi connectivity index (χ4n) is 2.88. The smallest absolute Gasteiger partial charge is 0.251 e. The Kier molecular flexibility index (Phi) is 6.94. The Balaban J connectivity index is 1.62. The minimum atomic E-state index is -3.63. The highest BCUT2D eigenvalue weighted by atomic mass is 32.3. The minimum absolute atomic E-state index is 0.0420.